The van der Waals surface area contributed by atoms with Crippen molar-refractivity contribution in [1.29, 1.82) is 0 Å². The summed E-state index contributed by atoms with van der Waals surface area (Å²) in [4.78, 5) is 16.8. The average molecular weight is 386 g/mol. The van der Waals surface area contributed by atoms with E-state index in [0.29, 0.717) is 13.1 Å². The Balaban J connectivity index is 1.43. The highest BCUT2D eigenvalue weighted by molar-refractivity contribution is 5.92. The van der Waals surface area contributed by atoms with Gasteiger partial charge in [0.25, 0.3) is 0 Å². The fourth-order valence-corrected chi connectivity index (χ4v) is 3.90. The van der Waals surface area contributed by atoms with Crippen molar-refractivity contribution in [3.05, 3.63) is 83.7 Å². The van der Waals surface area contributed by atoms with Crippen molar-refractivity contribution >= 4 is 17.7 Å². The molecule has 5 heteroatoms. The maximum Gasteiger partial charge on any atom is 0.246 e. The first kappa shape index (κ1) is 19.0. The van der Waals surface area contributed by atoms with Crippen LogP contribution in [0.3, 0.4) is 0 Å². The Hall–Kier alpha value is -3.34. The Morgan fingerprint density at radius 2 is 1.52 bits per heavy atom. The van der Waals surface area contributed by atoms with Gasteiger partial charge in [0, 0.05) is 32.3 Å². The molecule has 2 aromatic carbocycles. The van der Waals surface area contributed by atoms with E-state index in [2.05, 4.69) is 30.9 Å². The highest BCUT2D eigenvalue weighted by Gasteiger charge is 2.24. The molecule has 0 saturated carbocycles. The molecule has 0 radical (unpaired) electrons. The van der Waals surface area contributed by atoms with E-state index in [1.165, 1.54) is 5.69 Å². The number of carbonyl (C=O) groups excluding carboxylic acids is 1. The lowest BCUT2D eigenvalue weighted by molar-refractivity contribution is -0.126. The molecule has 1 aromatic heterocycles. The van der Waals surface area contributed by atoms with E-state index in [-0.39, 0.29) is 5.91 Å². The van der Waals surface area contributed by atoms with Crippen LogP contribution in [-0.4, -0.2) is 46.8 Å². The quantitative estimate of drug-likeness (QED) is 0.640. The van der Waals surface area contributed by atoms with E-state index in [1.54, 1.807) is 6.08 Å². The number of aromatic nitrogens is 2. The zero-order valence-electron chi connectivity index (χ0n) is 17.0. The Kier molecular flexibility index (Phi) is 5.47. The zero-order chi connectivity index (χ0) is 20.2. The van der Waals surface area contributed by atoms with Gasteiger partial charge in [0.1, 0.15) is 0 Å². The molecule has 4 rings (SSSR count). The average Bonchev–Trinajstić information content (AvgIpc) is 3.07. The smallest absolute Gasteiger partial charge is 0.246 e. The third kappa shape index (κ3) is 4.09. The van der Waals surface area contributed by atoms with Gasteiger partial charge in [0.05, 0.1) is 22.8 Å². The van der Waals surface area contributed by atoms with Gasteiger partial charge in [-0.25, -0.2) is 4.68 Å². The molecule has 1 aliphatic heterocycles. The minimum absolute atomic E-state index is 0.0712. The van der Waals surface area contributed by atoms with Gasteiger partial charge in [-0.3, -0.25) is 4.79 Å². The molecule has 1 saturated heterocycles. The maximum absolute atomic E-state index is 12.5. The van der Waals surface area contributed by atoms with Crippen molar-refractivity contribution in [2.45, 2.75) is 13.8 Å². The van der Waals surface area contributed by atoms with Gasteiger partial charge in [0.15, 0.2) is 0 Å². The molecule has 1 fully saturated rings. The Bertz CT molecular complexity index is 1000. The topological polar surface area (TPSA) is 41.4 Å². The van der Waals surface area contributed by atoms with Crippen LogP contribution in [0.25, 0.3) is 11.8 Å². The molecule has 1 aliphatic rings. The molecule has 0 unspecified atom stereocenters. The SMILES string of the molecule is Cc1nn(-c2ccccc2)c(C)c1N1CCN(C(=O)/C=C/c2ccccc2)CC1. The number of aryl methyl sites for hydroxylation is 1. The van der Waals surface area contributed by atoms with Gasteiger partial charge in [-0.05, 0) is 37.6 Å². The van der Waals surface area contributed by atoms with E-state index in [0.717, 1.165) is 35.7 Å². The lowest BCUT2D eigenvalue weighted by Crippen LogP contribution is -2.48. The lowest BCUT2D eigenvalue weighted by Gasteiger charge is -2.35. The van der Waals surface area contributed by atoms with Crippen molar-refractivity contribution < 1.29 is 4.79 Å². The van der Waals surface area contributed by atoms with Gasteiger partial charge in [-0.15, -0.1) is 0 Å². The van der Waals surface area contributed by atoms with Crippen LogP contribution in [0.4, 0.5) is 5.69 Å². The molecule has 0 aliphatic carbocycles. The maximum atomic E-state index is 12.5. The number of nitrogens with zero attached hydrogens (tertiary/aromatic N) is 4. The van der Waals surface area contributed by atoms with E-state index in [4.69, 9.17) is 5.10 Å². The molecular formula is C24H26N4O. The summed E-state index contributed by atoms with van der Waals surface area (Å²) in [5.74, 6) is 0.0712. The summed E-state index contributed by atoms with van der Waals surface area (Å²) in [5.41, 5.74) is 5.45. The monoisotopic (exact) mass is 386 g/mol. The highest BCUT2D eigenvalue weighted by Crippen LogP contribution is 2.27. The summed E-state index contributed by atoms with van der Waals surface area (Å²) in [5, 5.41) is 4.76. The first-order valence-electron chi connectivity index (χ1n) is 10.0. The molecule has 1 amide bonds. The van der Waals surface area contributed by atoms with Gasteiger partial charge in [-0.1, -0.05) is 48.5 Å². The van der Waals surface area contributed by atoms with E-state index < -0.39 is 0 Å². The Morgan fingerprint density at radius 1 is 0.897 bits per heavy atom. The molecule has 0 spiro atoms. The first-order valence-corrected chi connectivity index (χ1v) is 10.0. The summed E-state index contributed by atoms with van der Waals surface area (Å²) in [6.07, 6.45) is 3.56. The van der Waals surface area contributed by atoms with E-state index in [1.807, 2.05) is 64.2 Å². The van der Waals surface area contributed by atoms with Gasteiger partial charge >= 0.3 is 0 Å². The third-order valence-electron chi connectivity index (χ3n) is 5.38. The van der Waals surface area contributed by atoms with Crippen LogP contribution < -0.4 is 4.90 Å². The number of benzene rings is 2. The minimum atomic E-state index is 0.0712. The van der Waals surface area contributed by atoms with Crippen molar-refractivity contribution in [3.8, 4) is 5.69 Å². The van der Waals surface area contributed by atoms with E-state index >= 15 is 0 Å². The molecular weight excluding hydrogens is 360 g/mol. The van der Waals surface area contributed by atoms with Crippen molar-refractivity contribution in [2.24, 2.45) is 0 Å². The van der Waals surface area contributed by atoms with Crippen LogP contribution in [0.5, 0.6) is 0 Å². The minimum Gasteiger partial charge on any atom is -0.365 e. The first-order chi connectivity index (χ1) is 14.1. The van der Waals surface area contributed by atoms with Crippen molar-refractivity contribution in [1.82, 2.24) is 14.7 Å². The summed E-state index contributed by atoms with van der Waals surface area (Å²) in [7, 11) is 0. The number of rotatable bonds is 4. The van der Waals surface area contributed by atoms with Crippen LogP contribution in [0.1, 0.15) is 17.0 Å². The second-order valence-corrected chi connectivity index (χ2v) is 7.32. The van der Waals surface area contributed by atoms with Gasteiger partial charge in [0.2, 0.25) is 5.91 Å². The number of anilines is 1. The number of carbonyl (C=O) groups is 1. The largest absolute Gasteiger partial charge is 0.365 e. The van der Waals surface area contributed by atoms with Crippen molar-refractivity contribution in [3.63, 3.8) is 0 Å². The number of hydrogen-bond donors (Lipinski definition) is 0. The molecule has 0 atom stereocenters. The Labute approximate surface area is 171 Å². The van der Waals surface area contributed by atoms with Crippen LogP contribution in [0.2, 0.25) is 0 Å². The second-order valence-electron chi connectivity index (χ2n) is 7.32. The van der Waals surface area contributed by atoms with Gasteiger partial charge < -0.3 is 9.80 Å². The molecule has 3 aromatic rings. The molecule has 5 nitrogen and oxygen atoms in total. The molecule has 0 N–H and O–H groups in total. The summed E-state index contributed by atoms with van der Waals surface area (Å²) in [6.45, 7) is 7.23. The predicted octanol–water partition coefficient (Wildman–Crippen LogP) is 3.85. The number of para-hydroxylation sites is 1. The summed E-state index contributed by atoms with van der Waals surface area (Å²) >= 11 is 0. The number of amides is 1. The van der Waals surface area contributed by atoms with Crippen LogP contribution in [0, 0.1) is 13.8 Å². The normalized spacial score (nSPS) is 14.6. The van der Waals surface area contributed by atoms with Crippen LogP contribution in [0.15, 0.2) is 66.7 Å². The number of hydrogen-bond acceptors (Lipinski definition) is 3. The number of piperazine rings is 1. The molecule has 0 bridgehead atoms. The Morgan fingerprint density at radius 3 is 2.17 bits per heavy atom. The lowest BCUT2D eigenvalue weighted by atomic mass is 10.2. The summed E-state index contributed by atoms with van der Waals surface area (Å²) in [6, 6.07) is 20.1. The van der Waals surface area contributed by atoms with Crippen LogP contribution in [-0.2, 0) is 4.79 Å². The molecule has 148 valence electrons. The molecule has 2 heterocycles. The third-order valence-corrected chi connectivity index (χ3v) is 5.38. The van der Waals surface area contributed by atoms with E-state index in [9.17, 15) is 4.79 Å². The summed E-state index contributed by atoms with van der Waals surface area (Å²) < 4.78 is 2.00. The van der Waals surface area contributed by atoms with Crippen molar-refractivity contribution in [2.75, 3.05) is 31.1 Å². The second kappa shape index (κ2) is 8.35. The fraction of sp³-hybridized carbons (Fsp3) is 0.250. The van der Waals surface area contributed by atoms with Gasteiger partial charge in [-0.2, -0.15) is 5.10 Å². The van der Waals surface area contributed by atoms with Crippen LogP contribution >= 0.6 is 0 Å². The predicted molar refractivity (Wildman–Crippen MR) is 117 cm³/mol. The molecule has 29 heavy (non-hydrogen) atoms. The fourth-order valence-electron chi connectivity index (χ4n) is 3.90. The zero-order valence-corrected chi connectivity index (χ0v) is 17.0. The highest BCUT2D eigenvalue weighted by atomic mass is 16.2. The standard InChI is InChI=1S/C24H26N4O/c1-19-24(20(2)28(25-19)22-11-7-4-8-12-22)27-17-15-26(16-18-27)23(29)14-13-21-9-5-3-6-10-21/h3-14H,15-18H2,1-2H3/b14-13+.